The first-order valence-electron chi connectivity index (χ1n) is 6.94. The number of aryl methyl sites for hydroxylation is 1. The van der Waals surface area contributed by atoms with Gasteiger partial charge >= 0.3 is 0 Å². The van der Waals surface area contributed by atoms with E-state index in [9.17, 15) is 4.79 Å². The molecule has 0 radical (unpaired) electrons. The lowest BCUT2D eigenvalue weighted by atomic mass is 10.3. The van der Waals surface area contributed by atoms with Gasteiger partial charge in [0.05, 0.1) is 11.0 Å². The molecule has 1 amide bonds. The zero-order valence-electron chi connectivity index (χ0n) is 12.4. The normalized spacial score (nSPS) is 11.2. The average molecular weight is 274 g/mol. The minimum atomic E-state index is -0.103. The molecule has 0 atom stereocenters. The highest BCUT2D eigenvalue weighted by molar-refractivity contribution is 5.94. The van der Waals surface area contributed by atoms with Crippen LogP contribution >= 0.6 is 0 Å². The molecular formula is C15H22N4O. The summed E-state index contributed by atoms with van der Waals surface area (Å²) in [5.41, 5.74) is 1.83. The summed E-state index contributed by atoms with van der Waals surface area (Å²) in [6.45, 7) is 1.73. The summed E-state index contributed by atoms with van der Waals surface area (Å²) in [6, 6.07) is 7.77. The van der Waals surface area contributed by atoms with Crippen molar-refractivity contribution >= 4 is 16.9 Å². The number of rotatable bonds is 6. The second-order valence-electron chi connectivity index (χ2n) is 5.25. The van der Waals surface area contributed by atoms with Crippen LogP contribution < -0.4 is 5.32 Å². The minimum Gasteiger partial charge on any atom is -0.349 e. The average Bonchev–Trinajstić information content (AvgIpc) is 2.76. The molecule has 0 saturated carbocycles. The van der Waals surface area contributed by atoms with Crippen LogP contribution in [0.25, 0.3) is 11.0 Å². The predicted molar refractivity (Wildman–Crippen MR) is 80.8 cm³/mol. The second-order valence-corrected chi connectivity index (χ2v) is 5.25. The van der Waals surface area contributed by atoms with E-state index in [4.69, 9.17) is 0 Å². The third-order valence-electron chi connectivity index (χ3n) is 3.31. The number of nitrogens with one attached hydrogen (secondary N) is 1. The number of carbonyl (C=O) groups excluding carboxylic acids is 1. The molecule has 0 aliphatic rings. The van der Waals surface area contributed by atoms with E-state index >= 15 is 0 Å². The Morgan fingerprint density at radius 2 is 2.05 bits per heavy atom. The van der Waals surface area contributed by atoms with Crippen LogP contribution in [0.2, 0.25) is 0 Å². The molecule has 5 nitrogen and oxygen atoms in total. The molecule has 0 aliphatic heterocycles. The van der Waals surface area contributed by atoms with E-state index in [1.807, 2.05) is 35.9 Å². The largest absolute Gasteiger partial charge is 0.349 e. The van der Waals surface area contributed by atoms with Crippen molar-refractivity contribution in [2.75, 3.05) is 27.2 Å². The Morgan fingerprint density at radius 1 is 1.30 bits per heavy atom. The Labute approximate surface area is 119 Å². The van der Waals surface area contributed by atoms with Gasteiger partial charge in [-0.1, -0.05) is 12.1 Å². The van der Waals surface area contributed by atoms with Crippen LogP contribution in [0.5, 0.6) is 0 Å². The maximum Gasteiger partial charge on any atom is 0.287 e. The summed E-state index contributed by atoms with van der Waals surface area (Å²) < 4.78 is 1.84. The number of unbranched alkanes of at least 4 members (excludes halogenated alkanes) is 1. The highest BCUT2D eigenvalue weighted by atomic mass is 16.2. The number of imidazole rings is 1. The molecule has 2 rings (SSSR count). The topological polar surface area (TPSA) is 50.2 Å². The van der Waals surface area contributed by atoms with E-state index in [0.29, 0.717) is 12.4 Å². The Kier molecular flexibility index (Phi) is 4.74. The van der Waals surface area contributed by atoms with Crippen LogP contribution in [-0.2, 0) is 7.05 Å². The van der Waals surface area contributed by atoms with Crippen LogP contribution in [0.15, 0.2) is 24.3 Å². The van der Waals surface area contributed by atoms with Gasteiger partial charge in [-0.3, -0.25) is 4.79 Å². The lowest BCUT2D eigenvalue weighted by Gasteiger charge is -2.09. The second kappa shape index (κ2) is 6.52. The van der Waals surface area contributed by atoms with Gasteiger partial charge in [0.15, 0.2) is 5.82 Å². The van der Waals surface area contributed by atoms with Crippen LogP contribution in [-0.4, -0.2) is 47.5 Å². The van der Waals surface area contributed by atoms with Crippen molar-refractivity contribution in [1.82, 2.24) is 19.8 Å². The molecule has 0 saturated heterocycles. The van der Waals surface area contributed by atoms with Gasteiger partial charge in [-0.05, 0) is 45.6 Å². The standard InChI is InChI=1S/C15H22N4O/c1-18(2)11-7-6-10-16-15(20)14-17-12-8-4-5-9-13(12)19(14)3/h4-5,8-9H,6-7,10-11H2,1-3H3,(H,16,20). The summed E-state index contributed by atoms with van der Waals surface area (Å²) >= 11 is 0. The lowest BCUT2D eigenvalue weighted by Crippen LogP contribution is -2.27. The Morgan fingerprint density at radius 3 is 2.75 bits per heavy atom. The number of nitrogens with zero attached hydrogens (tertiary/aromatic N) is 3. The fourth-order valence-electron chi connectivity index (χ4n) is 2.18. The number of benzene rings is 1. The molecule has 5 heteroatoms. The van der Waals surface area contributed by atoms with Crippen molar-refractivity contribution in [3.8, 4) is 0 Å². The fraction of sp³-hybridized carbons (Fsp3) is 0.467. The Balaban J connectivity index is 1.93. The van der Waals surface area contributed by atoms with Crippen LogP contribution in [0.1, 0.15) is 23.5 Å². The molecule has 1 aromatic heterocycles. The number of amides is 1. The van der Waals surface area contributed by atoms with Crippen LogP contribution in [0.3, 0.4) is 0 Å². The van der Waals surface area contributed by atoms with E-state index < -0.39 is 0 Å². The fourth-order valence-corrected chi connectivity index (χ4v) is 2.18. The summed E-state index contributed by atoms with van der Waals surface area (Å²) in [5, 5.41) is 2.93. The minimum absolute atomic E-state index is 0.103. The molecule has 0 bridgehead atoms. The quantitative estimate of drug-likeness (QED) is 0.815. The maximum atomic E-state index is 12.1. The summed E-state index contributed by atoms with van der Waals surface area (Å²) in [6.07, 6.45) is 2.06. The molecule has 0 spiro atoms. The van der Waals surface area contributed by atoms with Gasteiger partial charge in [0.25, 0.3) is 5.91 Å². The molecule has 0 aliphatic carbocycles. The number of fused-ring (bicyclic) bond motifs is 1. The molecule has 1 heterocycles. The predicted octanol–water partition coefficient (Wildman–Crippen LogP) is 1.64. The molecular weight excluding hydrogens is 252 g/mol. The third kappa shape index (κ3) is 3.36. The van der Waals surface area contributed by atoms with Crippen molar-refractivity contribution in [2.45, 2.75) is 12.8 Å². The van der Waals surface area contributed by atoms with E-state index in [1.165, 1.54) is 0 Å². The summed E-state index contributed by atoms with van der Waals surface area (Å²) in [5.74, 6) is 0.368. The van der Waals surface area contributed by atoms with E-state index in [1.54, 1.807) is 0 Å². The van der Waals surface area contributed by atoms with Gasteiger partial charge < -0.3 is 14.8 Å². The van der Waals surface area contributed by atoms with Gasteiger partial charge in [-0.15, -0.1) is 0 Å². The van der Waals surface area contributed by atoms with Crippen molar-refractivity contribution in [1.29, 1.82) is 0 Å². The molecule has 0 fully saturated rings. The van der Waals surface area contributed by atoms with E-state index in [0.717, 1.165) is 30.4 Å². The Bertz CT molecular complexity index is 589. The summed E-state index contributed by atoms with van der Waals surface area (Å²) in [7, 11) is 5.98. The highest BCUT2D eigenvalue weighted by Crippen LogP contribution is 2.13. The number of para-hydroxylation sites is 2. The van der Waals surface area contributed by atoms with Crippen LogP contribution in [0.4, 0.5) is 0 Å². The van der Waals surface area contributed by atoms with Gasteiger partial charge in [0.2, 0.25) is 0 Å². The molecule has 108 valence electrons. The number of carbonyl (C=O) groups is 1. The van der Waals surface area contributed by atoms with Gasteiger partial charge in [-0.25, -0.2) is 4.98 Å². The number of aromatic nitrogens is 2. The third-order valence-corrected chi connectivity index (χ3v) is 3.31. The molecule has 20 heavy (non-hydrogen) atoms. The van der Waals surface area contributed by atoms with Crippen molar-refractivity contribution in [3.05, 3.63) is 30.1 Å². The maximum absolute atomic E-state index is 12.1. The Hall–Kier alpha value is -1.88. The molecule has 1 N–H and O–H groups in total. The van der Waals surface area contributed by atoms with Gasteiger partial charge in [-0.2, -0.15) is 0 Å². The summed E-state index contributed by atoms with van der Waals surface area (Å²) in [4.78, 5) is 18.7. The number of hydrogen-bond donors (Lipinski definition) is 1. The first-order valence-corrected chi connectivity index (χ1v) is 6.94. The smallest absolute Gasteiger partial charge is 0.287 e. The van der Waals surface area contributed by atoms with Gasteiger partial charge in [0, 0.05) is 13.6 Å². The molecule has 0 unspecified atom stereocenters. The zero-order chi connectivity index (χ0) is 14.5. The van der Waals surface area contributed by atoms with Gasteiger partial charge in [0.1, 0.15) is 0 Å². The molecule has 1 aromatic carbocycles. The van der Waals surface area contributed by atoms with Crippen molar-refractivity contribution in [3.63, 3.8) is 0 Å². The zero-order valence-corrected chi connectivity index (χ0v) is 12.4. The molecule has 2 aromatic rings. The van der Waals surface area contributed by atoms with E-state index in [2.05, 4.69) is 29.3 Å². The SMILES string of the molecule is CN(C)CCCCNC(=O)c1nc2ccccc2n1C. The first kappa shape index (κ1) is 14.5. The van der Waals surface area contributed by atoms with Crippen molar-refractivity contribution in [2.24, 2.45) is 7.05 Å². The highest BCUT2D eigenvalue weighted by Gasteiger charge is 2.14. The number of hydrogen-bond acceptors (Lipinski definition) is 3. The van der Waals surface area contributed by atoms with Crippen LogP contribution in [0, 0.1) is 0 Å². The monoisotopic (exact) mass is 274 g/mol. The first-order chi connectivity index (χ1) is 9.59. The van der Waals surface area contributed by atoms with E-state index in [-0.39, 0.29) is 5.91 Å². The van der Waals surface area contributed by atoms with Crippen molar-refractivity contribution < 1.29 is 4.79 Å². The lowest BCUT2D eigenvalue weighted by molar-refractivity contribution is 0.0940.